The number of aromatic nitrogens is 1. The standard InChI is InChI=1S/C15H13ClN2OS/c16-13-6-3-8-18-15(13)20-10-4-9-19-14-7-2-1-5-12(14)11-17/h1-3,5-8H,4,9-10H2. The fraction of sp³-hybridized carbons (Fsp3) is 0.200. The van der Waals surface area contributed by atoms with Gasteiger partial charge in [-0.2, -0.15) is 5.26 Å². The van der Waals surface area contributed by atoms with Gasteiger partial charge in [-0.1, -0.05) is 23.7 Å². The lowest BCUT2D eigenvalue weighted by Crippen LogP contribution is -2.00. The fourth-order valence-corrected chi connectivity index (χ4v) is 2.65. The van der Waals surface area contributed by atoms with Gasteiger partial charge >= 0.3 is 0 Å². The van der Waals surface area contributed by atoms with Crippen LogP contribution in [0.5, 0.6) is 5.75 Å². The molecule has 0 aliphatic carbocycles. The van der Waals surface area contributed by atoms with Crippen LogP contribution in [0.4, 0.5) is 0 Å². The first-order valence-corrected chi connectivity index (χ1v) is 7.53. The Morgan fingerprint density at radius 3 is 2.90 bits per heavy atom. The molecule has 0 amide bonds. The third-order valence-electron chi connectivity index (χ3n) is 2.52. The van der Waals surface area contributed by atoms with Gasteiger partial charge < -0.3 is 4.74 Å². The predicted octanol–water partition coefficient (Wildman–Crippen LogP) is 4.17. The highest BCUT2D eigenvalue weighted by molar-refractivity contribution is 7.99. The van der Waals surface area contributed by atoms with E-state index >= 15 is 0 Å². The van der Waals surface area contributed by atoms with Crippen LogP contribution in [0, 0.1) is 11.3 Å². The van der Waals surface area contributed by atoms with Crippen molar-refractivity contribution in [3.63, 3.8) is 0 Å². The summed E-state index contributed by atoms with van der Waals surface area (Å²) in [4.78, 5) is 4.21. The van der Waals surface area contributed by atoms with E-state index in [1.807, 2.05) is 24.3 Å². The van der Waals surface area contributed by atoms with E-state index in [9.17, 15) is 0 Å². The summed E-state index contributed by atoms with van der Waals surface area (Å²) < 4.78 is 5.61. The number of nitriles is 1. The highest BCUT2D eigenvalue weighted by Crippen LogP contribution is 2.24. The Morgan fingerprint density at radius 1 is 1.25 bits per heavy atom. The van der Waals surface area contributed by atoms with Crippen LogP contribution in [0.1, 0.15) is 12.0 Å². The SMILES string of the molecule is N#Cc1ccccc1OCCCSc1ncccc1Cl. The average Bonchev–Trinajstić information content (AvgIpc) is 2.49. The van der Waals surface area contributed by atoms with E-state index in [1.54, 1.807) is 30.1 Å². The molecule has 0 saturated heterocycles. The third kappa shape index (κ3) is 4.16. The van der Waals surface area contributed by atoms with Crippen LogP contribution < -0.4 is 4.74 Å². The molecule has 0 aliphatic heterocycles. The summed E-state index contributed by atoms with van der Waals surface area (Å²) in [5, 5.41) is 10.5. The summed E-state index contributed by atoms with van der Waals surface area (Å²) in [7, 11) is 0. The smallest absolute Gasteiger partial charge is 0.137 e. The number of nitrogens with zero attached hydrogens (tertiary/aromatic N) is 2. The monoisotopic (exact) mass is 304 g/mol. The van der Waals surface area contributed by atoms with Crippen molar-refractivity contribution in [3.05, 3.63) is 53.2 Å². The van der Waals surface area contributed by atoms with E-state index in [4.69, 9.17) is 21.6 Å². The number of rotatable bonds is 6. The number of ether oxygens (including phenoxy) is 1. The van der Waals surface area contributed by atoms with Crippen LogP contribution in [-0.2, 0) is 0 Å². The topological polar surface area (TPSA) is 45.9 Å². The molecule has 102 valence electrons. The lowest BCUT2D eigenvalue weighted by molar-refractivity contribution is 0.318. The molecule has 0 radical (unpaired) electrons. The lowest BCUT2D eigenvalue weighted by atomic mass is 10.2. The molecule has 0 fully saturated rings. The van der Waals surface area contributed by atoms with Gasteiger partial charge in [0.2, 0.25) is 0 Å². The van der Waals surface area contributed by atoms with E-state index in [0.717, 1.165) is 17.2 Å². The second kappa shape index (κ2) is 7.78. The van der Waals surface area contributed by atoms with E-state index in [0.29, 0.717) is 22.9 Å². The molecule has 0 unspecified atom stereocenters. The van der Waals surface area contributed by atoms with Crippen molar-refractivity contribution in [2.45, 2.75) is 11.4 Å². The van der Waals surface area contributed by atoms with Gasteiger partial charge in [-0.05, 0) is 30.7 Å². The maximum Gasteiger partial charge on any atom is 0.137 e. The molecule has 3 nitrogen and oxygen atoms in total. The normalized spacial score (nSPS) is 10.0. The lowest BCUT2D eigenvalue weighted by Gasteiger charge is -2.07. The van der Waals surface area contributed by atoms with Crippen molar-refractivity contribution in [2.75, 3.05) is 12.4 Å². The second-order valence-electron chi connectivity index (χ2n) is 3.95. The molecule has 0 aliphatic rings. The molecule has 1 aromatic carbocycles. The zero-order chi connectivity index (χ0) is 14.2. The van der Waals surface area contributed by atoms with Crippen LogP contribution >= 0.6 is 23.4 Å². The van der Waals surface area contributed by atoms with Gasteiger partial charge in [0.15, 0.2) is 0 Å². The minimum atomic E-state index is 0.563. The highest BCUT2D eigenvalue weighted by atomic mass is 35.5. The van der Waals surface area contributed by atoms with Crippen LogP contribution in [0.25, 0.3) is 0 Å². The largest absolute Gasteiger partial charge is 0.492 e. The summed E-state index contributed by atoms with van der Waals surface area (Å²) in [6, 6.07) is 13.0. The number of para-hydroxylation sites is 1. The van der Waals surface area contributed by atoms with Crippen molar-refractivity contribution in [1.82, 2.24) is 4.98 Å². The summed E-state index contributed by atoms with van der Waals surface area (Å²) >= 11 is 7.63. The van der Waals surface area contributed by atoms with Crippen molar-refractivity contribution in [1.29, 1.82) is 5.26 Å². The second-order valence-corrected chi connectivity index (χ2v) is 5.44. The summed E-state index contributed by atoms with van der Waals surface area (Å²) in [5.41, 5.74) is 0.563. The zero-order valence-corrected chi connectivity index (χ0v) is 12.3. The first kappa shape index (κ1) is 14.7. The van der Waals surface area contributed by atoms with Gasteiger partial charge in [0.05, 0.1) is 17.2 Å². The first-order valence-electron chi connectivity index (χ1n) is 6.16. The van der Waals surface area contributed by atoms with Crippen molar-refractivity contribution in [3.8, 4) is 11.8 Å². The zero-order valence-electron chi connectivity index (χ0n) is 10.8. The van der Waals surface area contributed by atoms with E-state index in [-0.39, 0.29) is 0 Å². The van der Waals surface area contributed by atoms with Gasteiger partial charge in [-0.15, -0.1) is 11.8 Å². The quantitative estimate of drug-likeness (QED) is 0.593. The van der Waals surface area contributed by atoms with Gasteiger partial charge in [-0.3, -0.25) is 0 Å². The molecule has 5 heteroatoms. The van der Waals surface area contributed by atoms with Gasteiger partial charge in [0.1, 0.15) is 16.8 Å². The van der Waals surface area contributed by atoms with Gasteiger partial charge in [0, 0.05) is 11.9 Å². The Labute approximate surface area is 127 Å². The Balaban J connectivity index is 1.75. The first-order chi connectivity index (χ1) is 9.81. The maximum atomic E-state index is 8.94. The molecule has 1 aromatic heterocycles. The molecule has 2 rings (SSSR count). The summed E-state index contributed by atoms with van der Waals surface area (Å²) in [5.74, 6) is 1.50. The van der Waals surface area contributed by atoms with Crippen LogP contribution in [-0.4, -0.2) is 17.3 Å². The predicted molar refractivity (Wildman–Crippen MR) is 81.2 cm³/mol. The molecule has 0 bridgehead atoms. The molecular weight excluding hydrogens is 292 g/mol. The fourth-order valence-electron chi connectivity index (χ4n) is 1.57. The Hall–Kier alpha value is -1.70. The summed E-state index contributed by atoms with van der Waals surface area (Å²) in [6.07, 6.45) is 2.59. The maximum absolute atomic E-state index is 8.94. The molecule has 0 atom stereocenters. The molecule has 2 aromatic rings. The molecule has 0 spiro atoms. The highest BCUT2D eigenvalue weighted by Gasteiger charge is 2.03. The van der Waals surface area contributed by atoms with Crippen molar-refractivity contribution >= 4 is 23.4 Å². The number of hydrogen-bond acceptors (Lipinski definition) is 4. The van der Waals surface area contributed by atoms with Crippen molar-refractivity contribution in [2.24, 2.45) is 0 Å². The van der Waals surface area contributed by atoms with E-state index < -0.39 is 0 Å². The molecule has 20 heavy (non-hydrogen) atoms. The molecule has 1 heterocycles. The molecule has 0 saturated carbocycles. The Bertz CT molecular complexity index is 613. The van der Waals surface area contributed by atoms with E-state index in [2.05, 4.69) is 11.1 Å². The number of pyridine rings is 1. The Kier molecular flexibility index (Phi) is 5.72. The summed E-state index contributed by atoms with van der Waals surface area (Å²) in [6.45, 7) is 0.566. The van der Waals surface area contributed by atoms with E-state index in [1.165, 1.54) is 0 Å². The number of benzene rings is 1. The average molecular weight is 305 g/mol. The molecule has 0 N–H and O–H groups in total. The third-order valence-corrected chi connectivity index (χ3v) is 4.03. The van der Waals surface area contributed by atoms with Crippen LogP contribution in [0.3, 0.4) is 0 Å². The minimum Gasteiger partial charge on any atom is -0.492 e. The van der Waals surface area contributed by atoms with Crippen LogP contribution in [0.2, 0.25) is 5.02 Å². The van der Waals surface area contributed by atoms with Crippen molar-refractivity contribution < 1.29 is 4.74 Å². The van der Waals surface area contributed by atoms with Crippen LogP contribution in [0.15, 0.2) is 47.6 Å². The number of hydrogen-bond donors (Lipinski definition) is 0. The number of thioether (sulfide) groups is 1. The number of halogens is 1. The molecular formula is C15H13ClN2OS. The van der Waals surface area contributed by atoms with Gasteiger partial charge in [-0.25, -0.2) is 4.98 Å². The minimum absolute atomic E-state index is 0.563. The Morgan fingerprint density at radius 2 is 2.10 bits per heavy atom. The van der Waals surface area contributed by atoms with Gasteiger partial charge in [0.25, 0.3) is 0 Å².